The number of rotatable bonds is 5. The van der Waals surface area contributed by atoms with Crippen molar-refractivity contribution in [2.45, 2.75) is 25.6 Å². The number of oxazole rings is 1. The summed E-state index contributed by atoms with van der Waals surface area (Å²) < 4.78 is 45.2. The monoisotopic (exact) mass is 420 g/mol. The fourth-order valence-electron chi connectivity index (χ4n) is 3.87. The van der Waals surface area contributed by atoms with Crippen molar-refractivity contribution in [1.29, 1.82) is 0 Å². The highest BCUT2D eigenvalue weighted by Gasteiger charge is 2.41. The Balaban J connectivity index is 1.45. The summed E-state index contributed by atoms with van der Waals surface area (Å²) in [6.45, 7) is 1.49. The van der Waals surface area contributed by atoms with E-state index in [1.165, 1.54) is 4.57 Å². The Bertz CT molecular complexity index is 1060. The van der Waals surface area contributed by atoms with Crippen molar-refractivity contribution < 1.29 is 17.6 Å². The zero-order valence-corrected chi connectivity index (χ0v) is 16.3. The molecule has 1 fully saturated rings. The molecule has 3 aromatic rings. The van der Waals surface area contributed by atoms with Crippen LogP contribution in [-0.2, 0) is 6.54 Å². The Labute approximate surface area is 171 Å². The minimum Gasteiger partial charge on any atom is -0.408 e. The van der Waals surface area contributed by atoms with Crippen LogP contribution in [0.3, 0.4) is 0 Å². The molecule has 1 aliphatic heterocycles. The number of hydrogen-bond acceptors (Lipinski definition) is 5. The standard InChI is InChI=1S/C21H23F3N4O2/c22-21(23,24)14-7-10-27(11-8-14)17-4-1-15(2-5-17)26-16-3-6-19-18(13-16)28(12-9-25)20(29)30-19/h1-6,13-14,26H,7-12,25H2. The summed E-state index contributed by atoms with van der Waals surface area (Å²) in [6.07, 6.45) is -3.86. The molecule has 1 aliphatic rings. The van der Waals surface area contributed by atoms with E-state index in [1.54, 1.807) is 6.07 Å². The third-order valence-electron chi connectivity index (χ3n) is 5.50. The zero-order chi connectivity index (χ0) is 21.3. The molecule has 0 aliphatic carbocycles. The number of aromatic nitrogens is 1. The number of fused-ring (bicyclic) bond motifs is 1. The topological polar surface area (TPSA) is 76.4 Å². The van der Waals surface area contributed by atoms with Crippen molar-refractivity contribution in [3.05, 3.63) is 53.0 Å². The molecular formula is C21H23F3N4O2. The number of nitrogens with one attached hydrogen (secondary N) is 1. The molecule has 0 saturated carbocycles. The zero-order valence-electron chi connectivity index (χ0n) is 16.3. The summed E-state index contributed by atoms with van der Waals surface area (Å²) in [5, 5.41) is 3.28. The van der Waals surface area contributed by atoms with Gasteiger partial charge in [0.15, 0.2) is 5.58 Å². The molecule has 2 aromatic carbocycles. The van der Waals surface area contributed by atoms with Crippen LogP contribution in [0.1, 0.15) is 12.8 Å². The van der Waals surface area contributed by atoms with Crippen molar-refractivity contribution in [3.8, 4) is 0 Å². The first-order chi connectivity index (χ1) is 14.3. The minimum absolute atomic E-state index is 0.124. The number of alkyl halides is 3. The average Bonchev–Trinajstić information content (AvgIpc) is 3.03. The van der Waals surface area contributed by atoms with Crippen LogP contribution in [0.2, 0.25) is 0 Å². The van der Waals surface area contributed by atoms with Gasteiger partial charge in [0.2, 0.25) is 0 Å². The minimum atomic E-state index is -4.11. The molecule has 160 valence electrons. The van der Waals surface area contributed by atoms with Crippen molar-refractivity contribution >= 4 is 28.2 Å². The molecule has 0 amide bonds. The summed E-state index contributed by atoms with van der Waals surface area (Å²) >= 11 is 0. The van der Waals surface area contributed by atoms with Gasteiger partial charge in [-0.15, -0.1) is 0 Å². The highest BCUT2D eigenvalue weighted by molar-refractivity contribution is 5.79. The maximum Gasteiger partial charge on any atom is 0.419 e. The predicted octanol–water partition coefficient (Wildman–Crippen LogP) is 4.08. The molecule has 3 N–H and O–H groups in total. The van der Waals surface area contributed by atoms with Gasteiger partial charge < -0.3 is 20.4 Å². The molecule has 0 atom stereocenters. The van der Waals surface area contributed by atoms with Crippen molar-refractivity contribution in [3.63, 3.8) is 0 Å². The van der Waals surface area contributed by atoms with Crippen LogP contribution < -0.4 is 21.7 Å². The van der Waals surface area contributed by atoms with Crippen molar-refractivity contribution in [1.82, 2.24) is 4.57 Å². The molecule has 1 saturated heterocycles. The Morgan fingerprint density at radius 3 is 2.37 bits per heavy atom. The highest BCUT2D eigenvalue weighted by atomic mass is 19.4. The second kappa shape index (κ2) is 8.06. The van der Waals surface area contributed by atoms with Crippen LogP contribution in [0.4, 0.5) is 30.2 Å². The lowest BCUT2D eigenvalue weighted by Gasteiger charge is -2.34. The second-order valence-corrected chi connectivity index (χ2v) is 7.47. The molecule has 0 spiro atoms. The van der Waals surface area contributed by atoms with Crippen LogP contribution in [0.5, 0.6) is 0 Å². The summed E-state index contributed by atoms with van der Waals surface area (Å²) in [5.41, 5.74) is 9.26. The number of piperidine rings is 1. The van der Waals surface area contributed by atoms with Gasteiger partial charge in [0.1, 0.15) is 0 Å². The van der Waals surface area contributed by atoms with Crippen molar-refractivity contribution in [2.24, 2.45) is 11.7 Å². The van der Waals surface area contributed by atoms with Crippen LogP contribution in [0.15, 0.2) is 51.7 Å². The van der Waals surface area contributed by atoms with E-state index in [0.29, 0.717) is 37.3 Å². The normalized spacial score (nSPS) is 15.7. The number of benzene rings is 2. The Hall–Kier alpha value is -2.94. The fourth-order valence-corrected chi connectivity index (χ4v) is 3.87. The molecule has 0 unspecified atom stereocenters. The summed E-state index contributed by atoms with van der Waals surface area (Å²) in [4.78, 5) is 13.9. The number of nitrogens with two attached hydrogens (primary N) is 1. The first-order valence-electron chi connectivity index (χ1n) is 9.87. The molecular weight excluding hydrogens is 397 g/mol. The fraction of sp³-hybridized carbons (Fsp3) is 0.381. The summed E-state index contributed by atoms with van der Waals surface area (Å²) in [6, 6.07) is 12.9. The van der Waals surface area contributed by atoms with E-state index in [-0.39, 0.29) is 12.8 Å². The summed E-state index contributed by atoms with van der Waals surface area (Å²) in [7, 11) is 0. The number of anilines is 3. The van der Waals surface area contributed by atoms with E-state index in [0.717, 1.165) is 17.1 Å². The molecule has 2 heterocycles. The quantitative estimate of drug-likeness (QED) is 0.651. The SMILES string of the molecule is NCCn1c(=O)oc2ccc(Nc3ccc(N4CCC(C(F)(F)F)CC4)cc3)cc21. The highest BCUT2D eigenvalue weighted by Crippen LogP contribution is 2.35. The average molecular weight is 420 g/mol. The van der Waals surface area contributed by atoms with Crippen LogP contribution in [-0.4, -0.2) is 30.4 Å². The smallest absolute Gasteiger partial charge is 0.408 e. The maximum atomic E-state index is 12.8. The van der Waals surface area contributed by atoms with E-state index in [2.05, 4.69) is 5.32 Å². The van der Waals surface area contributed by atoms with Gasteiger partial charge in [-0.05, 0) is 55.3 Å². The van der Waals surface area contributed by atoms with E-state index in [1.807, 2.05) is 41.3 Å². The van der Waals surface area contributed by atoms with E-state index < -0.39 is 17.9 Å². The predicted molar refractivity (Wildman–Crippen MR) is 110 cm³/mol. The lowest BCUT2D eigenvalue weighted by molar-refractivity contribution is -0.179. The van der Waals surface area contributed by atoms with Gasteiger partial charge in [-0.1, -0.05) is 0 Å². The molecule has 4 rings (SSSR count). The number of halogens is 3. The van der Waals surface area contributed by atoms with E-state index in [9.17, 15) is 18.0 Å². The third kappa shape index (κ3) is 4.16. The van der Waals surface area contributed by atoms with Crippen LogP contribution in [0.25, 0.3) is 11.1 Å². The molecule has 0 radical (unpaired) electrons. The van der Waals surface area contributed by atoms with Gasteiger partial charge >= 0.3 is 11.9 Å². The lowest BCUT2D eigenvalue weighted by Crippen LogP contribution is -2.38. The van der Waals surface area contributed by atoms with Gasteiger partial charge in [-0.2, -0.15) is 13.2 Å². The van der Waals surface area contributed by atoms with Gasteiger partial charge in [-0.3, -0.25) is 4.57 Å². The Morgan fingerprint density at radius 1 is 1.07 bits per heavy atom. The van der Waals surface area contributed by atoms with Crippen LogP contribution in [0, 0.1) is 5.92 Å². The van der Waals surface area contributed by atoms with E-state index in [4.69, 9.17) is 10.2 Å². The van der Waals surface area contributed by atoms with Gasteiger partial charge in [0.05, 0.1) is 11.4 Å². The van der Waals surface area contributed by atoms with Gasteiger partial charge in [-0.25, -0.2) is 4.79 Å². The van der Waals surface area contributed by atoms with Crippen molar-refractivity contribution in [2.75, 3.05) is 29.9 Å². The largest absolute Gasteiger partial charge is 0.419 e. The second-order valence-electron chi connectivity index (χ2n) is 7.47. The van der Waals surface area contributed by atoms with Crippen LogP contribution >= 0.6 is 0 Å². The molecule has 30 heavy (non-hydrogen) atoms. The molecule has 0 bridgehead atoms. The Kier molecular flexibility index (Phi) is 5.46. The van der Waals surface area contributed by atoms with Gasteiger partial charge in [0.25, 0.3) is 0 Å². The first-order valence-corrected chi connectivity index (χ1v) is 9.87. The molecule has 1 aromatic heterocycles. The van der Waals surface area contributed by atoms with E-state index >= 15 is 0 Å². The third-order valence-corrected chi connectivity index (χ3v) is 5.50. The maximum absolute atomic E-state index is 12.8. The summed E-state index contributed by atoms with van der Waals surface area (Å²) in [5.74, 6) is -1.64. The molecule has 9 heteroatoms. The Morgan fingerprint density at radius 2 is 1.73 bits per heavy atom. The first kappa shape index (κ1) is 20.3. The molecule has 6 nitrogen and oxygen atoms in total. The van der Waals surface area contributed by atoms with Gasteiger partial charge in [0, 0.05) is 43.2 Å². The lowest BCUT2D eigenvalue weighted by atomic mass is 9.96. The number of nitrogens with zero attached hydrogens (tertiary/aromatic N) is 2. The number of hydrogen-bond donors (Lipinski definition) is 2.